The first kappa shape index (κ1) is 24.3. The molecule has 0 aromatic heterocycles. The number of allylic oxidation sites excluding steroid dienone is 3. The Balaban J connectivity index is 1.54. The number of esters is 1. The third-order valence-electron chi connectivity index (χ3n) is 5.34. The Labute approximate surface area is 175 Å². The molecule has 0 aromatic carbocycles. The van der Waals surface area contributed by atoms with Crippen LogP contribution >= 0.6 is 11.9 Å². The van der Waals surface area contributed by atoms with E-state index >= 15 is 0 Å². The Bertz CT molecular complexity index is 611. The minimum absolute atomic E-state index is 0.00807. The van der Waals surface area contributed by atoms with Crippen molar-refractivity contribution in [1.82, 2.24) is 4.47 Å². The van der Waals surface area contributed by atoms with Crippen LogP contribution in [0.1, 0.15) is 71.6 Å². The van der Waals surface area contributed by atoms with Crippen LogP contribution in [0.2, 0.25) is 0 Å². The second-order valence-electron chi connectivity index (χ2n) is 8.43. The molecule has 3 aliphatic carbocycles. The Morgan fingerprint density at radius 1 is 1.21 bits per heavy atom. The lowest BCUT2D eigenvalue weighted by Crippen LogP contribution is -2.32. The van der Waals surface area contributed by atoms with Crippen LogP contribution in [-0.4, -0.2) is 29.1 Å². The Morgan fingerprint density at radius 3 is 2.48 bits per heavy atom. The number of alkyl halides is 3. The van der Waals surface area contributed by atoms with Gasteiger partial charge in [-0.1, -0.05) is 55.9 Å². The van der Waals surface area contributed by atoms with E-state index in [1.54, 1.807) is 0 Å². The van der Waals surface area contributed by atoms with Gasteiger partial charge in [-0.3, -0.25) is 4.79 Å². The lowest BCUT2D eigenvalue weighted by molar-refractivity contribution is -0.153. The summed E-state index contributed by atoms with van der Waals surface area (Å²) in [5.74, 6) is 0.207. The van der Waals surface area contributed by atoms with Gasteiger partial charge in [-0.15, -0.1) is 0 Å². The SMILES string of the molecule is CC1C=C2CC(=CC(C)(C(=O)OCCCCCCCCN([O-])SC(F)(F)F)C1)C2. The molecule has 2 unspecified atom stereocenters. The van der Waals surface area contributed by atoms with Crippen LogP contribution in [0.4, 0.5) is 13.2 Å². The van der Waals surface area contributed by atoms with Crippen molar-refractivity contribution in [2.24, 2.45) is 11.3 Å². The van der Waals surface area contributed by atoms with Crippen molar-refractivity contribution in [2.75, 3.05) is 13.2 Å². The maximum atomic E-state index is 12.6. The molecule has 1 saturated carbocycles. The van der Waals surface area contributed by atoms with Gasteiger partial charge in [-0.05, 0) is 51.5 Å². The minimum Gasteiger partial charge on any atom is -0.775 e. The molecule has 0 aliphatic heterocycles. The Morgan fingerprint density at radius 2 is 1.83 bits per heavy atom. The monoisotopic (exact) mass is 434 g/mol. The third kappa shape index (κ3) is 8.72. The first-order chi connectivity index (χ1) is 13.6. The highest BCUT2D eigenvalue weighted by Crippen LogP contribution is 2.43. The van der Waals surface area contributed by atoms with Crippen molar-refractivity contribution in [3.05, 3.63) is 28.5 Å². The molecule has 2 bridgehead atoms. The summed E-state index contributed by atoms with van der Waals surface area (Å²) in [6.45, 7) is 4.38. The topological polar surface area (TPSA) is 52.6 Å². The van der Waals surface area contributed by atoms with E-state index in [9.17, 15) is 23.2 Å². The number of fused-ring (bicyclic) bond motifs is 4. The number of halogens is 3. The van der Waals surface area contributed by atoms with Crippen LogP contribution in [-0.2, 0) is 9.53 Å². The van der Waals surface area contributed by atoms with Gasteiger partial charge in [-0.25, -0.2) is 0 Å². The van der Waals surface area contributed by atoms with Gasteiger partial charge in [0, 0.05) is 11.9 Å². The zero-order valence-corrected chi connectivity index (χ0v) is 18.0. The predicted molar refractivity (Wildman–Crippen MR) is 110 cm³/mol. The van der Waals surface area contributed by atoms with E-state index in [4.69, 9.17) is 4.74 Å². The summed E-state index contributed by atoms with van der Waals surface area (Å²) >= 11 is -0.627. The van der Waals surface area contributed by atoms with Crippen molar-refractivity contribution in [2.45, 2.75) is 77.1 Å². The van der Waals surface area contributed by atoms with E-state index in [-0.39, 0.29) is 17.0 Å². The average molecular weight is 435 g/mol. The largest absolute Gasteiger partial charge is 0.775 e. The summed E-state index contributed by atoms with van der Waals surface area (Å²) < 4.78 is 41.6. The quantitative estimate of drug-likeness (QED) is 0.122. The highest BCUT2D eigenvalue weighted by Gasteiger charge is 2.37. The standard InChI is InChI=1S/C21H31F3NO3S/c1-16-11-17-12-18(13-17)15-20(2,14-16)19(26)28-10-8-6-4-3-5-7-9-25(27)29-21(22,23)24/h11,15-16H,3-10,12-14H2,1-2H3/q-1. The molecule has 0 heterocycles. The number of ether oxygens (including phenoxy) is 1. The molecule has 0 radical (unpaired) electrons. The van der Waals surface area contributed by atoms with Crippen LogP contribution in [0, 0.1) is 16.5 Å². The summed E-state index contributed by atoms with van der Waals surface area (Å²) in [4.78, 5) is 12.6. The predicted octanol–water partition coefficient (Wildman–Crippen LogP) is 6.53. The Kier molecular flexibility index (Phi) is 9.10. The highest BCUT2D eigenvalue weighted by atomic mass is 32.2. The molecule has 3 aliphatic rings. The Hall–Kier alpha value is -0.990. The summed E-state index contributed by atoms with van der Waals surface area (Å²) in [5, 5.41) is 11.0. The zero-order valence-electron chi connectivity index (χ0n) is 17.2. The van der Waals surface area contributed by atoms with Gasteiger partial charge < -0.3 is 14.4 Å². The number of hydrogen-bond donors (Lipinski definition) is 0. The molecule has 2 atom stereocenters. The van der Waals surface area contributed by atoms with Crippen molar-refractivity contribution in [1.29, 1.82) is 0 Å². The third-order valence-corrected chi connectivity index (χ3v) is 5.93. The van der Waals surface area contributed by atoms with E-state index in [0.29, 0.717) is 18.9 Å². The van der Waals surface area contributed by atoms with Gasteiger partial charge in [0.1, 0.15) is 0 Å². The van der Waals surface area contributed by atoms with Crippen molar-refractivity contribution in [3.8, 4) is 0 Å². The number of hydrogen-bond acceptors (Lipinski definition) is 5. The summed E-state index contributed by atoms with van der Waals surface area (Å²) in [5.41, 5.74) is -2.28. The summed E-state index contributed by atoms with van der Waals surface area (Å²) in [6.07, 6.45) is 11.7. The maximum absolute atomic E-state index is 12.6. The average Bonchev–Trinajstić information content (AvgIpc) is 2.54. The fraction of sp³-hybridized carbons (Fsp3) is 0.762. The zero-order chi connectivity index (χ0) is 21.5. The molecular formula is C21H31F3NO3S-. The molecule has 8 heteroatoms. The van der Waals surface area contributed by atoms with E-state index in [1.807, 2.05) is 6.92 Å². The van der Waals surface area contributed by atoms with Gasteiger partial charge in [0.2, 0.25) is 0 Å². The number of hydroxylamine groups is 1. The number of carbonyl (C=O) groups excluding carboxylic acids is 1. The molecule has 0 saturated heterocycles. The molecule has 29 heavy (non-hydrogen) atoms. The van der Waals surface area contributed by atoms with Crippen LogP contribution in [0.15, 0.2) is 23.3 Å². The van der Waals surface area contributed by atoms with Gasteiger partial charge in [0.15, 0.2) is 0 Å². The molecule has 4 nitrogen and oxygen atoms in total. The number of rotatable bonds is 11. The molecule has 0 amide bonds. The molecule has 1 fully saturated rings. The van der Waals surface area contributed by atoms with Gasteiger partial charge in [0.05, 0.1) is 12.0 Å². The normalized spacial score (nSPS) is 24.3. The van der Waals surface area contributed by atoms with E-state index in [0.717, 1.165) is 51.4 Å². The fourth-order valence-corrected chi connectivity index (χ4v) is 4.53. The first-order valence-corrected chi connectivity index (χ1v) is 11.1. The molecule has 166 valence electrons. The minimum atomic E-state index is -4.52. The molecule has 0 spiro atoms. The first-order valence-electron chi connectivity index (χ1n) is 10.4. The number of carbonyl (C=O) groups is 1. The summed E-state index contributed by atoms with van der Waals surface area (Å²) in [7, 11) is 0. The summed E-state index contributed by atoms with van der Waals surface area (Å²) in [6, 6.07) is 0. The second kappa shape index (κ2) is 10.9. The van der Waals surface area contributed by atoms with Crippen LogP contribution in [0.3, 0.4) is 0 Å². The smallest absolute Gasteiger partial charge is 0.455 e. The molecule has 0 aromatic rings. The van der Waals surface area contributed by atoms with Crippen LogP contribution in [0.5, 0.6) is 0 Å². The fourth-order valence-electron chi connectivity index (χ4n) is 4.07. The molecular weight excluding hydrogens is 403 g/mol. The van der Waals surface area contributed by atoms with Gasteiger partial charge >= 0.3 is 11.5 Å². The van der Waals surface area contributed by atoms with Crippen molar-refractivity contribution in [3.63, 3.8) is 0 Å². The van der Waals surface area contributed by atoms with Crippen molar-refractivity contribution < 1.29 is 22.7 Å². The van der Waals surface area contributed by atoms with E-state index < -0.39 is 22.9 Å². The van der Waals surface area contributed by atoms with Gasteiger partial charge in [-0.2, -0.15) is 13.2 Å². The van der Waals surface area contributed by atoms with Crippen LogP contribution < -0.4 is 0 Å². The number of unbranched alkanes of at least 4 members (excludes halogenated alkanes) is 5. The van der Waals surface area contributed by atoms with Gasteiger partial charge in [0.25, 0.3) is 0 Å². The molecule has 0 N–H and O–H groups in total. The lowest BCUT2D eigenvalue weighted by Gasteiger charge is -2.34. The van der Waals surface area contributed by atoms with Crippen LogP contribution in [0.25, 0.3) is 0 Å². The highest BCUT2D eigenvalue weighted by molar-refractivity contribution is 7.97. The van der Waals surface area contributed by atoms with Crippen molar-refractivity contribution >= 4 is 17.9 Å². The number of nitrogens with zero attached hydrogens (tertiary/aromatic N) is 1. The lowest BCUT2D eigenvalue weighted by atomic mass is 9.71. The maximum Gasteiger partial charge on any atom is 0.455 e. The van der Waals surface area contributed by atoms with E-state index in [1.165, 1.54) is 11.1 Å². The molecule has 3 rings (SSSR count). The second-order valence-corrected chi connectivity index (χ2v) is 9.48. The van der Waals surface area contributed by atoms with E-state index in [2.05, 4.69) is 19.1 Å².